The third kappa shape index (κ3) is 4.05. The summed E-state index contributed by atoms with van der Waals surface area (Å²) in [5.74, 6) is 1.59. The van der Waals surface area contributed by atoms with Crippen LogP contribution in [0.3, 0.4) is 0 Å². The first kappa shape index (κ1) is 18.2. The molecular formula is C23H20N2O2S. The molecule has 1 amide bonds. The average Bonchev–Trinajstić information content (AvgIpc) is 3.10. The van der Waals surface area contributed by atoms with Gasteiger partial charge in [0.1, 0.15) is 11.5 Å². The number of nitrogens with zero attached hydrogens (tertiary/aromatic N) is 1. The summed E-state index contributed by atoms with van der Waals surface area (Å²) in [7, 11) is 0. The first-order chi connectivity index (χ1) is 13.6. The van der Waals surface area contributed by atoms with Crippen LogP contribution in [0.1, 0.15) is 35.7 Å². The lowest BCUT2D eigenvalue weighted by Gasteiger charge is -2.07. The van der Waals surface area contributed by atoms with Gasteiger partial charge in [-0.25, -0.2) is 4.98 Å². The number of fused-ring (bicyclic) bond motifs is 1. The fourth-order valence-corrected chi connectivity index (χ4v) is 3.76. The molecule has 0 spiro atoms. The van der Waals surface area contributed by atoms with Gasteiger partial charge >= 0.3 is 0 Å². The zero-order valence-electron chi connectivity index (χ0n) is 15.7. The number of hydrogen-bond donors (Lipinski definition) is 1. The number of rotatable bonds is 5. The molecule has 1 heterocycles. The third-order valence-corrected chi connectivity index (χ3v) is 5.31. The molecule has 0 unspecified atom stereocenters. The minimum absolute atomic E-state index is 0.207. The summed E-state index contributed by atoms with van der Waals surface area (Å²) in [6.45, 7) is 4.32. The number of hydrogen-bond acceptors (Lipinski definition) is 4. The molecule has 4 aromatic rings. The van der Waals surface area contributed by atoms with Crippen LogP contribution < -0.4 is 10.1 Å². The smallest absolute Gasteiger partial charge is 0.257 e. The molecule has 0 aliphatic carbocycles. The van der Waals surface area contributed by atoms with E-state index in [-0.39, 0.29) is 5.91 Å². The van der Waals surface area contributed by atoms with Gasteiger partial charge in [0.25, 0.3) is 5.91 Å². The van der Waals surface area contributed by atoms with E-state index < -0.39 is 0 Å². The van der Waals surface area contributed by atoms with Crippen LogP contribution in [0.2, 0.25) is 0 Å². The van der Waals surface area contributed by atoms with Crippen LogP contribution in [-0.4, -0.2) is 10.9 Å². The summed E-state index contributed by atoms with van der Waals surface area (Å²) >= 11 is 1.48. The summed E-state index contributed by atoms with van der Waals surface area (Å²) in [6, 6.07) is 22.8. The number of carbonyl (C=O) groups is 1. The molecule has 4 rings (SSSR count). The highest BCUT2D eigenvalue weighted by atomic mass is 32.1. The molecule has 5 heteroatoms. The number of para-hydroxylation sites is 1. The van der Waals surface area contributed by atoms with E-state index in [1.807, 2.05) is 42.5 Å². The molecule has 140 valence electrons. The fraction of sp³-hybridized carbons (Fsp3) is 0.130. The average molecular weight is 388 g/mol. The lowest BCUT2D eigenvalue weighted by molar-refractivity contribution is 0.102. The minimum Gasteiger partial charge on any atom is -0.457 e. The lowest BCUT2D eigenvalue weighted by atomic mass is 10.0. The van der Waals surface area contributed by atoms with E-state index in [2.05, 4.69) is 36.3 Å². The Kier molecular flexibility index (Phi) is 5.08. The molecule has 0 aliphatic rings. The first-order valence-corrected chi connectivity index (χ1v) is 9.95. The number of thiazole rings is 1. The van der Waals surface area contributed by atoms with Crippen LogP contribution in [0.4, 0.5) is 5.13 Å². The molecule has 0 saturated heterocycles. The molecular weight excluding hydrogens is 368 g/mol. The summed E-state index contributed by atoms with van der Waals surface area (Å²) in [5, 5.41) is 3.49. The Hall–Kier alpha value is -3.18. The topological polar surface area (TPSA) is 51.2 Å². The van der Waals surface area contributed by atoms with Gasteiger partial charge in [0.05, 0.1) is 10.2 Å². The van der Waals surface area contributed by atoms with E-state index in [9.17, 15) is 4.79 Å². The maximum atomic E-state index is 12.7. The number of aromatic nitrogens is 1. The van der Waals surface area contributed by atoms with Gasteiger partial charge < -0.3 is 4.74 Å². The molecule has 0 aliphatic heterocycles. The Morgan fingerprint density at radius 2 is 1.75 bits per heavy atom. The van der Waals surface area contributed by atoms with Crippen LogP contribution in [0.25, 0.3) is 10.2 Å². The van der Waals surface area contributed by atoms with Crippen molar-refractivity contribution in [1.82, 2.24) is 4.98 Å². The molecule has 1 aromatic heterocycles. The van der Waals surface area contributed by atoms with Crippen molar-refractivity contribution in [2.75, 3.05) is 5.32 Å². The van der Waals surface area contributed by atoms with Gasteiger partial charge in [-0.1, -0.05) is 55.5 Å². The van der Waals surface area contributed by atoms with Crippen molar-refractivity contribution in [1.29, 1.82) is 0 Å². The highest BCUT2D eigenvalue weighted by molar-refractivity contribution is 7.22. The van der Waals surface area contributed by atoms with Gasteiger partial charge in [-0.05, 0) is 53.9 Å². The minimum atomic E-state index is -0.207. The Labute approximate surface area is 167 Å². The molecule has 0 radical (unpaired) electrons. The SMILES string of the molecule is CC(C)c1ccc2nc(NC(=O)c3cccc(Oc4ccccc4)c3)sc2c1. The first-order valence-electron chi connectivity index (χ1n) is 9.13. The molecule has 3 aromatic carbocycles. The second kappa shape index (κ2) is 7.82. The quantitative estimate of drug-likeness (QED) is 0.426. The largest absolute Gasteiger partial charge is 0.457 e. The maximum Gasteiger partial charge on any atom is 0.257 e. The highest BCUT2D eigenvalue weighted by Gasteiger charge is 2.12. The van der Waals surface area contributed by atoms with E-state index in [0.717, 1.165) is 16.0 Å². The van der Waals surface area contributed by atoms with Crippen molar-refractivity contribution in [2.24, 2.45) is 0 Å². The maximum absolute atomic E-state index is 12.7. The zero-order valence-corrected chi connectivity index (χ0v) is 16.5. The van der Waals surface area contributed by atoms with Crippen molar-refractivity contribution in [3.8, 4) is 11.5 Å². The van der Waals surface area contributed by atoms with Crippen LogP contribution in [0.5, 0.6) is 11.5 Å². The molecule has 0 bridgehead atoms. The highest BCUT2D eigenvalue weighted by Crippen LogP contribution is 2.29. The number of amides is 1. The second-order valence-electron chi connectivity index (χ2n) is 6.80. The number of ether oxygens (including phenoxy) is 1. The predicted molar refractivity (Wildman–Crippen MR) is 115 cm³/mol. The van der Waals surface area contributed by atoms with E-state index in [1.54, 1.807) is 18.2 Å². The Balaban J connectivity index is 1.52. The summed E-state index contributed by atoms with van der Waals surface area (Å²) in [5.41, 5.74) is 2.68. The number of anilines is 1. The molecule has 1 N–H and O–H groups in total. The molecule has 28 heavy (non-hydrogen) atoms. The van der Waals surface area contributed by atoms with Crippen molar-refractivity contribution in [2.45, 2.75) is 19.8 Å². The van der Waals surface area contributed by atoms with E-state index in [4.69, 9.17) is 4.74 Å². The van der Waals surface area contributed by atoms with Gasteiger partial charge in [-0.2, -0.15) is 0 Å². The number of benzene rings is 3. The molecule has 0 fully saturated rings. The van der Waals surface area contributed by atoms with Crippen molar-refractivity contribution in [3.05, 3.63) is 83.9 Å². The van der Waals surface area contributed by atoms with Crippen molar-refractivity contribution in [3.63, 3.8) is 0 Å². The number of nitrogens with one attached hydrogen (secondary N) is 1. The van der Waals surface area contributed by atoms with Crippen LogP contribution in [0, 0.1) is 0 Å². The normalized spacial score (nSPS) is 11.0. The predicted octanol–water partition coefficient (Wildman–Crippen LogP) is 6.46. The van der Waals surface area contributed by atoms with Crippen molar-refractivity contribution < 1.29 is 9.53 Å². The summed E-state index contributed by atoms with van der Waals surface area (Å²) < 4.78 is 6.88. The van der Waals surface area contributed by atoms with Crippen LogP contribution >= 0.6 is 11.3 Å². The fourth-order valence-electron chi connectivity index (χ4n) is 2.85. The van der Waals surface area contributed by atoms with Gasteiger partial charge in [0.2, 0.25) is 0 Å². The van der Waals surface area contributed by atoms with Gasteiger partial charge in [-0.15, -0.1) is 0 Å². The zero-order chi connectivity index (χ0) is 19.5. The summed E-state index contributed by atoms with van der Waals surface area (Å²) in [4.78, 5) is 17.2. The standard InChI is InChI=1S/C23H20N2O2S/c1-15(2)16-11-12-20-21(14-16)28-23(24-20)25-22(26)17-7-6-10-19(13-17)27-18-8-4-3-5-9-18/h3-15H,1-2H3,(H,24,25,26). The van der Waals surface area contributed by atoms with Gasteiger partial charge in [0, 0.05) is 5.56 Å². The summed E-state index contributed by atoms with van der Waals surface area (Å²) in [6.07, 6.45) is 0. The Bertz CT molecular complexity index is 1120. The van der Waals surface area contributed by atoms with Gasteiger partial charge in [-0.3, -0.25) is 10.1 Å². The third-order valence-electron chi connectivity index (χ3n) is 4.37. The Morgan fingerprint density at radius 1 is 0.964 bits per heavy atom. The van der Waals surface area contributed by atoms with Crippen LogP contribution in [-0.2, 0) is 0 Å². The molecule has 0 atom stereocenters. The molecule has 4 nitrogen and oxygen atoms in total. The van der Waals surface area contributed by atoms with Crippen LogP contribution in [0.15, 0.2) is 72.8 Å². The second-order valence-corrected chi connectivity index (χ2v) is 7.83. The number of carbonyl (C=O) groups excluding carboxylic acids is 1. The lowest BCUT2D eigenvalue weighted by Crippen LogP contribution is -2.11. The van der Waals surface area contributed by atoms with Gasteiger partial charge in [0.15, 0.2) is 5.13 Å². The van der Waals surface area contributed by atoms with Crippen molar-refractivity contribution >= 4 is 32.6 Å². The van der Waals surface area contributed by atoms with E-state index in [1.165, 1.54) is 16.9 Å². The monoisotopic (exact) mass is 388 g/mol. The van der Waals surface area contributed by atoms with E-state index >= 15 is 0 Å². The van der Waals surface area contributed by atoms with E-state index in [0.29, 0.717) is 22.4 Å². The molecule has 0 saturated carbocycles. The Morgan fingerprint density at radius 3 is 2.54 bits per heavy atom.